The zero-order valence-corrected chi connectivity index (χ0v) is 16.3. The van der Waals surface area contributed by atoms with Crippen LogP contribution in [-0.2, 0) is 14.3 Å². The Morgan fingerprint density at radius 3 is 2.66 bits per heavy atom. The Hall–Kier alpha value is -3.72. The molecule has 0 unspecified atom stereocenters. The average Bonchev–Trinajstić information content (AvgIpc) is 3.41. The highest BCUT2D eigenvalue weighted by Crippen LogP contribution is 2.28. The summed E-state index contributed by atoms with van der Waals surface area (Å²) in [7, 11) is 1.37. The van der Waals surface area contributed by atoms with Crippen LogP contribution in [0.4, 0.5) is 4.79 Å². The third kappa shape index (κ3) is 5.39. The summed E-state index contributed by atoms with van der Waals surface area (Å²) in [5, 5.41) is 10.8. The molecule has 0 saturated heterocycles. The zero-order chi connectivity index (χ0) is 20.6. The summed E-state index contributed by atoms with van der Waals surface area (Å²) in [5.74, 6) is -1.43. The molecule has 2 heterocycles. The molecule has 2 N–H and O–H groups in total. The lowest BCUT2D eigenvalue weighted by Gasteiger charge is -2.03. The number of carbonyl (C=O) groups excluding carboxylic acids is 3. The van der Waals surface area contributed by atoms with Crippen LogP contribution in [0.1, 0.15) is 5.56 Å². The van der Waals surface area contributed by atoms with Gasteiger partial charge in [0.1, 0.15) is 5.69 Å². The van der Waals surface area contributed by atoms with Crippen LogP contribution in [0.2, 0.25) is 0 Å². The Kier molecular flexibility index (Phi) is 6.54. The van der Waals surface area contributed by atoms with E-state index in [4.69, 9.17) is 4.74 Å². The van der Waals surface area contributed by atoms with Gasteiger partial charge in [-0.15, -0.1) is 11.3 Å². The Balaban J connectivity index is 1.74. The van der Waals surface area contributed by atoms with Gasteiger partial charge in [-0.2, -0.15) is 5.10 Å². The Morgan fingerprint density at radius 1 is 1.17 bits per heavy atom. The fourth-order valence-corrected chi connectivity index (χ4v) is 3.13. The number of hydrogen-bond donors (Lipinski definition) is 2. The van der Waals surface area contributed by atoms with Gasteiger partial charge < -0.3 is 10.1 Å². The number of esters is 1. The van der Waals surface area contributed by atoms with Gasteiger partial charge >= 0.3 is 12.0 Å². The minimum Gasteiger partial charge on any atom is -0.452 e. The van der Waals surface area contributed by atoms with Gasteiger partial charge in [-0.25, -0.2) is 14.3 Å². The Morgan fingerprint density at radius 2 is 1.97 bits per heavy atom. The molecule has 0 aliphatic heterocycles. The van der Waals surface area contributed by atoms with Crippen molar-refractivity contribution in [2.75, 3.05) is 13.7 Å². The number of rotatable bonds is 6. The third-order valence-corrected chi connectivity index (χ3v) is 4.62. The molecule has 2 aromatic heterocycles. The summed E-state index contributed by atoms with van der Waals surface area (Å²) in [5.41, 5.74) is 2.34. The molecule has 0 spiro atoms. The van der Waals surface area contributed by atoms with E-state index in [-0.39, 0.29) is 0 Å². The molecule has 3 rings (SSSR count). The van der Waals surface area contributed by atoms with Crippen molar-refractivity contribution in [3.8, 4) is 16.3 Å². The first kappa shape index (κ1) is 20.0. The van der Waals surface area contributed by atoms with Crippen LogP contribution in [0.3, 0.4) is 0 Å². The van der Waals surface area contributed by atoms with Gasteiger partial charge in [-0.1, -0.05) is 24.3 Å². The van der Waals surface area contributed by atoms with Crippen molar-refractivity contribution in [2.45, 2.75) is 0 Å². The van der Waals surface area contributed by atoms with E-state index in [2.05, 4.69) is 10.4 Å². The summed E-state index contributed by atoms with van der Waals surface area (Å²) in [6.45, 7) is -0.558. The lowest BCUT2D eigenvalue weighted by Crippen LogP contribution is -2.39. The second kappa shape index (κ2) is 9.47. The Bertz CT molecular complexity index is 1030. The van der Waals surface area contributed by atoms with Crippen molar-refractivity contribution in [1.29, 1.82) is 0 Å². The molecule has 3 amide bonds. The number of ether oxygens (including phenoxy) is 1. The van der Waals surface area contributed by atoms with Crippen molar-refractivity contribution >= 4 is 35.3 Å². The monoisotopic (exact) mass is 410 g/mol. The number of imide groups is 1. The van der Waals surface area contributed by atoms with E-state index in [0.717, 1.165) is 21.8 Å². The molecule has 1 aromatic carbocycles. The van der Waals surface area contributed by atoms with E-state index in [1.165, 1.54) is 24.5 Å². The van der Waals surface area contributed by atoms with Gasteiger partial charge in [0.2, 0.25) is 0 Å². The molecular formula is C20H18N4O4S. The number of thiophene rings is 1. The first-order valence-electron chi connectivity index (χ1n) is 8.62. The summed E-state index contributed by atoms with van der Waals surface area (Å²) in [4.78, 5) is 35.4. The van der Waals surface area contributed by atoms with Gasteiger partial charge in [-0.05, 0) is 29.7 Å². The molecule has 8 nitrogen and oxygen atoms in total. The summed E-state index contributed by atoms with van der Waals surface area (Å²) in [6.07, 6.45) is 4.61. The number of benzene rings is 1. The van der Waals surface area contributed by atoms with E-state index >= 15 is 0 Å². The lowest BCUT2D eigenvalue weighted by atomic mass is 10.2. The van der Waals surface area contributed by atoms with Crippen molar-refractivity contribution in [3.05, 3.63) is 65.7 Å². The highest BCUT2D eigenvalue weighted by Gasteiger charge is 2.12. The molecule has 9 heteroatoms. The molecule has 0 aliphatic rings. The molecule has 0 radical (unpaired) electrons. The maximum Gasteiger partial charge on any atom is 0.331 e. The van der Waals surface area contributed by atoms with Crippen LogP contribution < -0.4 is 10.6 Å². The maximum absolute atomic E-state index is 11.9. The first-order chi connectivity index (χ1) is 14.1. The van der Waals surface area contributed by atoms with Crippen LogP contribution in [0.15, 0.2) is 60.1 Å². The number of urea groups is 1. The number of para-hydroxylation sites is 1. The smallest absolute Gasteiger partial charge is 0.331 e. The van der Waals surface area contributed by atoms with Crippen LogP contribution in [0, 0.1) is 0 Å². The van der Waals surface area contributed by atoms with Crippen LogP contribution in [0.5, 0.6) is 0 Å². The topological polar surface area (TPSA) is 102 Å². The van der Waals surface area contributed by atoms with Gasteiger partial charge in [0.15, 0.2) is 6.61 Å². The molecule has 0 saturated carbocycles. The molecule has 0 atom stereocenters. The van der Waals surface area contributed by atoms with Crippen molar-refractivity contribution in [3.63, 3.8) is 0 Å². The predicted molar refractivity (Wildman–Crippen MR) is 109 cm³/mol. The highest BCUT2D eigenvalue weighted by atomic mass is 32.1. The number of carbonyl (C=O) groups is 3. The summed E-state index contributed by atoms with van der Waals surface area (Å²) < 4.78 is 6.58. The van der Waals surface area contributed by atoms with E-state index < -0.39 is 24.5 Å². The van der Waals surface area contributed by atoms with Crippen molar-refractivity contribution < 1.29 is 19.1 Å². The van der Waals surface area contributed by atoms with E-state index in [1.54, 1.807) is 10.8 Å². The van der Waals surface area contributed by atoms with Crippen LogP contribution >= 0.6 is 11.3 Å². The SMILES string of the molecule is CNC(=O)NC(=O)COC(=O)C=Cc1cn(-c2ccccc2)nc1-c1cccs1. The maximum atomic E-state index is 11.9. The van der Waals surface area contributed by atoms with Gasteiger partial charge in [0.05, 0.1) is 10.6 Å². The van der Waals surface area contributed by atoms with Crippen LogP contribution in [0.25, 0.3) is 22.3 Å². The molecular weight excluding hydrogens is 392 g/mol. The Labute approximate surface area is 170 Å². The van der Waals surface area contributed by atoms with E-state index in [9.17, 15) is 14.4 Å². The normalized spacial score (nSPS) is 10.7. The zero-order valence-electron chi connectivity index (χ0n) is 15.5. The molecule has 0 fully saturated rings. The minimum atomic E-state index is -0.720. The predicted octanol–water partition coefficient (Wildman–Crippen LogP) is 2.61. The molecule has 3 aromatic rings. The lowest BCUT2D eigenvalue weighted by molar-refractivity contribution is -0.143. The number of nitrogens with one attached hydrogen (secondary N) is 2. The molecule has 0 aliphatic carbocycles. The van der Waals surface area contributed by atoms with Gasteiger partial charge in [0, 0.05) is 24.9 Å². The average molecular weight is 410 g/mol. The third-order valence-electron chi connectivity index (χ3n) is 3.74. The number of amides is 3. The number of aromatic nitrogens is 2. The number of hydrogen-bond acceptors (Lipinski definition) is 6. The van der Waals surface area contributed by atoms with Crippen LogP contribution in [-0.4, -0.2) is 41.3 Å². The standard InChI is InChI=1S/C20H18N4O4S/c1-21-20(27)22-17(25)13-28-18(26)10-9-14-12-24(15-6-3-2-4-7-15)23-19(14)16-8-5-11-29-16/h2-12H,13H2,1H3,(H2,21,22,25,27). The van der Waals surface area contributed by atoms with Gasteiger partial charge in [-0.3, -0.25) is 10.1 Å². The summed E-state index contributed by atoms with van der Waals surface area (Å²) in [6, 6.07) is 12.8. The molecule has 0 bridgehead atoms. The molecule has 148 valence electrons. The largest absolute Gasteiger partial charge is 0.452 e. The van der Waals surface area contributed by atoms with E-state index in [0.29, 0.717) is 0 Å². The second-order valence-electron chi connectivity index (χ2n) is 5.76. The second-order valence-corrected chi connectivity index (χ2v) is 6.71. The molecule has 29 heavy (non-hydrogen) atoms. The quantitative estimate of drug-likeness (QED) is 0.480. The van der Waals surface area contributed by atoms with Gasteiger partial charge in [0.25, 0.3) is 5.91 Å². The fourth-order valence-electron chi connectivity index (χ4n) is 2.39. The fraction of sp³-hybridized carbons (Fsp3) is 0.100. The minimum absolute atomic E-state index is 0.558. The van der Waals surface area contributed by atoms with Crippen molar-refractivity contribution in [2.24, 2.45) is 0 Å². The number of nitrogens with zero attached hydrogens (tertiary/aromatic N) is 2. The first-order valence-corrected chi connectivity index (χ1v) is 9.50. The highest BCUT2D eigenvalue weighted by molar-refractivity contribution is 7.13. The van der Waals surface area contributed by atoms with Crippen molar-refractivity contribution in [1.82, 2.24) is 20.4 Å². The summed E-state index contributed by atoms with van der Waals surface area (Å²) >= 11 is 1.54. The van der Waals surface area contributed by atoms with E-state index in [1.807, 2.05) is 59.4 Å².